The first-order chi connectivity index (χ1) is 8.58. The van der Waals surface area contributed by atoms with Crippen LogP contribution in [0.1, 0.15) is 22.8 Å². The van der Waals surface area contributed by atoms with Gasteiger partial charge < -0.3 is 10.0 Å². The lowest BCUT2D eigenvalue weighted by Crippen LogP contribution is -2.08. The van der Waals surface area contributed by atoms with E-state index in [1.807, 2.05) is 74.4 Å². The maximum atomic E-state index is 10.3. The van der Waals surface area contributed by atoms with Gasteiger partial charge in [0.1, 0.15) is 6.10 Å². The number of benzene rings is 2. The van der Waals surface area contributed by atoms with Crippen molar-refractivity contribution >= 4 is 5.69 Å². The van der Waals surface area contributed by atoms with Gasteiger partial charge in [0.25, 0.3) is 0 Å². The predicted octanol–water partition coefficient (Wildman–Crippen LogP) is 3.14. The van der Waals surface area contributed by atoms with Crippen LogP contribution in [0.25, 0.3) is 0 Å². The first kappa shape index (κ1) is 12.7. The van der Waals surface area contributed by atoms with Gasteiger partial charge in [0.05, 0.1) is 0 Å². The molecule has 0 fully saturated rings. The number of nitrogens with zero attached hydrogens (tertiary/aromatic N) is 1. The molecular weight excluding hydrogens is 222 g/mol. The second-order valence-electron chi connectivity index (χ2n) is 4.80. The van der Waals surface area contributed by atoms with E-state index < -0.39 is 6.10 Å². The summed E-state index contributed by atoms with van der Waals surface area (Å²) in [7, 11) is 4.01. The third-order valence-corrected chi connectivity index (χ3v) is 3.08. The summed E-state index contributed by atoms with van der Waals surface area (Å²) in [6, 6.07) is 16.0. The highest BCUT2D eigenvalue weighted by Gasteiger charge is 2.10. The number of rotatable bonds is 3. The third-order valence-electron chi connectivity index (χ3n) is 3.08. The molecule has 0 aliphatic rings. The minimum Gasteiger partial charge on any atom is -0.384 e. The van der Waals surface area contributed by atoms with Crippen molar-refractivity contribution in [3.8, 4) is 0 Å². The summed E-state index contributed by atoms with van der Waals surface area (Å²) in [5.74, 6) is 0. The van der Waals surface area contributed by atoms with Gasteiger partial charge in [-0.1, -0.05) is 42.0 Å². The van der Waals surface area contributed by atoms with Crippen LogP contribution in [-0.4, -0.2) is 19.2 Å². The van der Waals surface area contributed by atoms with Crippen LogP contribution in [0, 0.1) is 6.92 Å². The summed E-state index contributed by atoms with van der Waals surface area (Å²) in [6.45, 7) is 2.03. The van der Waals surface area contributed by atoms with Gasteiger partial charge in [-0.3, -0.25) is 0 Å². The molecule has 2 rings (SSSR count). The Bertz CT molecular complexity index is 517. The number of hydrogen-bond donors (Lipinski definition) is 1. The zero-order chi connectivity index (χ0) is 13.1. The first-order valence-corrected chi connectivity index (χ1v) is 6.10. The fraction of sp³-hybridized carbons (Fsp3) is 0.250. The Labute approximate surface area is 109 Å². The Kier molecular flexibility index (Phi) is 3.68. The van der Waals surface area contributed by atoms with Gasteiger partial charge in [-0.2, -0.15) is 0 Å². The Morgan fingerprint density at radius 2 is 1.61 bits per heavy atom. The van der Waals surface area contributed by atoms with Crippen molar-refractivity contribution in [2.24, 2.45) is 0 Å². The molecule has 0 aliphatic heterocycles. The summed E-state index contributed by atoms with van der Waals surface area (Å²) in [6.07, 6.45) is -0.555. The van der Waals surface area contributed by atoms with Crippen LogP contribution < -0.4 is 4.90 Å². The van der Waals surface area contributed by atoms with E-state index in [4.69, 9.17) is 0 Å². The lowest BCUT2D eigenvalue weighted by molar-refractivity contribution is 0.220. The quantitative estimate of drug-likeness (QED) is 0.892. The van der Waals surface area contributed by atoms with E-state index in [9.17, 15) is 5.11 Å². The molecule has 18 heavy (non-hydrogen) atoms. The largest absolute Gasteiger partial charge is 0.384 e. The highest BCUT2D eigenvalue weighted by Crippen LogP contribution is 2.24. The van der Waals surface area contributed by atoms with Crippen molar-refractivity contribution in [3.05, 3.63) is 65.2 Å². The summed E-state index contributed by atoms with van der Waals surface area (Å²) in [5, 5.41) is 10.3. The molecule has 2 nitrogen and oxygen atoms in total. The lowest BCUT2D eigenvalue weighted by Gasteiger charge is -2.15. The molecule has 2 aromatic carbocycles. The highest BCUT2D eigenvalue weighted by molar-refractivity contribution is 5.47. The van der Waals surface area contributed by atoms with Crippen LogP contribution in [0.4, 0.5) is 5.69 Å². The van der Waals surface area contributed by atoms with E-state index in [-0.39, 0.29) is 0 Å². The first-order valence-electron chi connectivity index (χ1n) is 6.10. The minimum atomic E-state index is -0.555. The van der Waals surface area contributed by atoms with Gasteiger partial charge in [-0.05, 0) is 30.2 Å². The number of aliphatic hydroxyl groups excluding tert-OH is 1. The van der Waals surface area contributed by atoms with E-state index in [0.29, 0.717) is 0 Å². The predicted molar refractivity (Wildman–Crippen MR) is 76.0 cm³/mol. The molecule has 0 radical (unpaired) electrons. The third kappa shape index (κ3) is 2.71. The summed E-state index contributed by atoms with van der Waals surface area (Å²) in [5.41, 5.74) is 4.16. The van der Waals surface area contributed by atoms with Crippen molar-refractivity contribution in [2.45, 2.75) is 13.0 Å². The van der Waals surface area contributed by atoms with Gasteiger partial charge in [-0.25, -0.2) is 0 Å². The maximum absolute atomic E-state index is 10.3. The molecule has 1 atom stereocenters. The van der Waals surface area contributed by atoms with Crippen molar-refractivity contribution in [1.29, 1.82) is 0 Å². The molecular formula is C16H19NO. The van der Waals surface area contributed by atoms with E-state index >= 15 is 0 Å². The van der Waals surface area contributed by atoms with E-state index in [2.05, 4.69) is 0 Å². The fourth-order valence-electron chi connectivity index (χ4n) is 1.99. The second kappa shape index (κ2) is 5.23. The zero-order valence-electron chi connectivity index (χ0n) is 11.1. The molecule has 0 bridgehead atoms. The molecule has 0 amide bonds. The Morgan fingerprint density at radius 3 is 2.17 bits per heavy atom. The van der Waals surface area contributed by atoms with Gasteiger partial charge in [-0.15, -0.1) is 0 Å². The van der Waals surface area contributed by atoms with Crippen LogP contribution in [0.5, 0.6) is 0 Å². The SMILES string of the molecule is Cc1cccc(C(O)c2ccc(N(C)C)cc2)c1. The normalized spacial score (nSPS) is 12.2. The monoisotopic (exact) mass is 241 g/mol. The molecule has 2 heteroatoms. The van der Waals surface area contributed by atoms with Crippen LogP contribution in [0.3, 0.4) is 0 Å². The molecule has 0 aromatic heterocycles. The zero-order valence-corrected chi connectivity index (χ0v) is 11.1. The standard InChI is InChI=1S/C16H19NO/c1-12-5-4-6-14(11-12)16(18)13-7-9-15(10-8-13)17(2)3/h4-11,16,18H,1-3H3. The Morgan fingerprint density at radius 1 is 0.944 bits per heavy atom. The van der Waals surface area contributed by atoms with E-state index in [1.165, 1.54) is 0 Å². The molecule has 0 saturated heterocycles. The summed E-state index contributed by atoms with van der Waals surface area (Å²) in [4.78, 5) is 2.04. The number of anilines is 1. The van der Waals surface area contributed by atoms with Crippen molar-refractivity contribution in [2.75, 3.05) is 19.0 Å². The van der Waals surface area contributed by atoms with Crippen molar-refractivity contribution in [1.82, 2.24) is 0 Å². The van der Waals surface area contributed by atoms with Gasteiger partial charge >= 0.3 is 0 Å². The average Bonchev–Trinajstić information content (AvgIpc) is 2.38. The molecule has 1 N–H and O–H groups in total. The number of aliphatic hydroxyl groups is 1. The smallest absolute Gasteiger partial charge is 0.104 e. The van der Waals surface area contributed by atoms with Crippen LogP contribution >= 0.6 is 0 Å². The number of hydrogen-bond acceptors (Lipinski definition) is 2. The van der Waals surface area contributed by atoms with E-state index in [0.717, 1.165) is 22.4 Å². The van der Waals surface area contributed by atoms with Crippen LogP contribution in [0.2, 0.25) is 0 Å². The molecule has 0 heterocycles. The van der Waals surface area contributed by atoms with Crippen molar-refractivity contribution < 1.29 is 5.11 Å². The number of aryl methyl sites for hydroxylation is 1. The van der Waals surface area contributed by atoms with Crippen molar-refractivity contribution in [3.63, 3.8) is 0 Å². The van der Waals surface area contributed by atoms with Gasteiger partial charge in [0.15, 0.2) is 0 Å². The average molecular weight is 241 g/mol. The van der Waals surface area contributed by atoms with Gasteiger partial charge in [0.2, 0.25) is 0 Å². The Balaban J connectivity index is 2.26. The van der Waals surface area contributed by atoms with E-state index in [1.54, 1.807) is 0 Å². The highest BCUT2D eigenvalue weighted by atomic mass is 16.3. The second-order valence-corrected chi connectivity index (χ2v) is 4.80. The van der Waals surface area contributed by atoms with Crippen LogP contribution in [0.15, 0.2) is 48.5 Å². The molecule has 0 spiro atoms. The Hall–Kier alpha value is -1.80. The minimum absolute atomic E-state index is 0.555. The maximum Gasteiger partial charge on any atom is 0.104 e. The molecule has 1 unspecified atom stereocenters. The lowest BCUT2D eigenvalue weighted by atomic mass is 10.00. The molecule has 0 saturated carbocycles. The van der Waals surface area contributed by atoms with Gasteiger partial charge in [0, 0.05) is 19.8 Å². The topological polar surface area (TPSA) is 23.5 Å². The fourth-order valence-corrected chi connectivity index (χ4v) is 1.99. The molecule has 2 aromatic rings. The van der Waals surface area contributed by atoms with Crippen LogP contribution in [-0.2, 0) is 0 Å². The summed E-state index contributed by atoms with van der Waals surface area (Å²) < 4.78 is 0. The molecule has 94 valence electrons. The molecule has 0 aliphatic carbocycles. The summed E-state index contributed by atoms with van der Waals surface area (Å²) >= 11 is 0.